The third kappa shape index (κ3) is 4.71. The molecular formula is C22H20N2O2S. The fourth-order valence-electron chi connectivity index (χ4n) is 2.87. The summed E-state index contributed by atoms with van der Waals surface area (Å²) in [6.07, 6.45) is 0. The highest BCUT2D eigenvalue weighted by molar-refractivity contribution is 7.80. The zero-order valence-electron chi connectivity index (χ0n) is 14.9. The maximum Gasteiger partial charge on any atom is 0.238 e. The maximum atomic E-state index is 13.0. The van der Waals surface area contributed by atoms with Crippen molar-refractivity contribution in [3.8, 4) is 5.75 Å². The van der Waals surface area contributed by atoms with Gasteiger partial charge in [-0.25, -0.2) is 0 Å². The molecule has 0 unspecified atom stereocenters. The number of para-hydroxylation sites is 2. The smallest absolute Gasteiger partial charge is 0.238 e. The highest BCUT2D eigenvalue weighted by Gasteiger charge is 2.23. The molecular weight excluding hydrogens is 356 g/mol. The van der Waals surface area contributed by atoms with Crippen molar-refractivity contribution in [3.63, 3.8) is 0 Å². The van der Waals surface area contributed by atoms with Crippen LogP contribution in [0.4, 0.5) is 5.69 Å². The first kappa shape index (κ1) is 18.6. The monoisotopic (exact) mass is 376 g/mol. The minimum atomic E-state index is -0.454. The van der Waals surface area contributed by atoms with Crippen LogP contribution in [-0.4, -0.2) is 18.1 Å². The lowest BCUT2D eigenvalue weighted by Crippen LogP contribution is -2.38. The fourth-order valence-corrected chi connectivity index (χ4v) is 3.08. The van der Waals surface area contributed by atoms with E-state index >= 15 is 0 Å². The van der Waals surface area contributed by atoms with Crippen LogP contribution in [0.1, 0.15) is 17.0 Å². The van der Waals surface area contributed by atoms with E-state index in [9.17, 15) is 4.79 Å². The van der Waals surface area contributed by atoms with E-state index in [1.54, 1.807) is 7.11 Å². The summed E-state index contributed by atoms with van der Waals surface area (Å²) in [5.41, 5.74) is 2.50. The molecule has 2 N–H and O–H groups in total. The lowest BCUT2D eigenvalue weighted by molar-refractivity contribution is -0.120. The predicted molar refractivity (Wildman–Crippen MR) is 112 cm³/mol. The fraction of sp³-hybridized carbons (Fsp3) is 0.0909. The molecule has 3 aromatic rings. The summed E-state index contributed by atoms with van der Waals surface area (Å²) in [4.78, 5) is 13.0. The molecule has 5 heteroatoms. The van der Waals surface area contributed by atoms with E-state index in [1.165, 1.54) is 0 Å². The normalized spacial score (nSPS) is 10.3. The molecule has 0 aliphatic heterocycles. The van der Waals surface area contributed by atoms with E-state index in [1.807, 2.05) is 84.9 Å². The Morgan fingerprint density at radius 2 is 1.37 bits per heavy atom. The topological polar surface area (TPSA) is 50.4 Å². The van der Waals surface area contributed by atoms with Crippen LogP contribution in [0.2, 0.25) is 0 Å². The molecule has 0 saturated carbocycles. The quantitative estimate of drug-likeness (QED) is 0.651. The van der Waals surface area contributed by atoms with Crippen LogP contribution >= 0.6 is 12.2 Å². The molecule has 0 atom stereocenters. The number of rotatable bonds is 5. The van der Waals surface area contributed by atoms with Gasteiger partial charge >= 0.3 is 0 Å². The molecule has 27 heavy (non-hydrogen) atoms. The number of hydrogen-bond donors (Lipinski definition) is 2. The second kappa shape index (κ2) is 8.96. The number of carbonyl (C=O) groups is 1. The van der Waals surface area contributed by atoms with Gasteiger partial charge in [0.25, 0.3) is 0 Å². The predicted octanol–water partition coefficient (Wildman–Crippen LogP) is 4.34. The van der Waals surface area contributed by atoms with E-state index < -0.39 is 5.92 Å². The summed E-state index contributed by atoms with van der Waals surface area (Å²) in [6.45, 7) is 0. The Morgan fingerprint density at radius 1 is 0.852 bits per heavy atom. The summed E-state index contributed by atoms with van der Waals surface area (Å²) in [5, 5.41) is 6.05. The molecule has 0 aliphatic carbocycles. The van der Waals surface area contributed by atoms with Gasteiger partial charge in [-0.15, -0.1) is 0 Å². The lowest BCUT2D eigenvalue weighted by atomic mass is 9.90. The molecule has 3 aromatic carbocycles. The van der Waals surface area contributed by atoms with Gasteiger partial charge in [-0.05, 0) is 35.5 Å². The zero-order chi connectivity index (χ0) is 19.1. The molecule has 0 bridgehead atoms. The van der Waals surface area contributed by atoms with Crippen molar-refractivity contribution in [1.82, 2.24) is 5.32 Å². The number of amides is 1. The molecule has 3 rings (SSSR count). The van der Waals surface area contributed by atoms with Crippen molar-refractivity contribution in [3.05, 3.63) is 96.1 Å². The number of hydrogen-bond acceptors (Lipinski definition) is 3. The van der Waals surface area contributed by atoms with Gasteiger partial charge in [0.1, 0.15) is 5.75 Å². The SMILES string of the molecule is COc1ccccc1NC(=S)NC(=O)C(c1ccccc1)c1ccccc1. The van der Waals surface area contributed by atoms with E-state index in [4.69, 9.17) is 17.0 Å². The number of carbonyl (C=O) groups excluding carboxylic acids is 1. The van der Waals surface area contributed by atoms with Crippen LogP contribution in [-0.2, 0) is 4.79 Å². The second-order valence-electron chi connectivity index (χ2n) is 5.90. The van der Waals surface area contributed by atoms with Gasteiger partial charge in [0.15, 0.2) is 5.11 Å². The first-order valence-corrected chi connectivity index (χ1v) is 8.94. The van der Waals surface area contributed by atoms with Gasteiger partial charge in [0.05, 0.1) is 18.7 Å². The lowest BCUT2D eigenvalue weighted by Gasteiger charge is -2.19. The van der Waals surface area contributed by atoms with E-state index in [0.717, 1.165) is 11.1 Å². The first-order chi connectivity index (χ1) is 13.2. The van der Waals surface area contributed by atoms with E-state index in [-0.39, 0.29) is 11.0 Å². The number of methoxy groups -OCH3 is 1. The molecule has 4 nitrogen and oxygen atoms in total. The standard InChI is InChI=1S/C22H20N2O2S/c1-26-19-15-9-8-14-18(19)23-22(27)24-21(25)20(16-10-4-2-5-11-16)17-12-6-3-7-13-17/h2-15,20H,1H3,(H2,23,24,25,27). The Kier molecular flexibility index (Phi) is 6.18. The van der Waals surface area contributed by atoms with Crippen LogP contribution < -0.4 is 15.4 Å². The van der Waals surface area contributed by atoms with Gasteiger partial charge < -0.3 is 15.4 Å². The van der Waals surface area contributed by atoms with Crippen molar-refractivity contribution in [2.75, 3.05) is 12.4 Å². The summed E-state index contributed by atoms with van der Waals surface area (Å²) in [5.74, 6) is 0.00128. The number of thiocarbonyl (C=S) groups is 1. The zero-order valence-corrected chi connectivity index (χ0v) is 15.7. The van der Waals surface area contributed by atoms with Crippen molar-refractivity contribution in [2.45, 2.75) is 5.92 Å². The number of ether oxygens (including phenoxy) is 1. The minimum absolute atomic E-state index is 0.195. The second-order valence-corrected chi connectivity index (χ2v) is 6.31. The van der Waals surface area contributed by atoms with Crippen molar-refractivity contribution >= 4 is 28.9 Å². The van der Waals surface area contributed by atoms with Crippen LogP contribution in [0.25, 0.3) is 0 Å². The maximum absolute atomic E-state index is 13.0. The first-order valence-electron chi connectivity index (χ1n) is 8.54. The molecule has 1 amide bonds. The molecule has 0 heterocycles. The highest BCUT2D eigenvalue weighted by atomic mass is 32.1. The van der Waals surface area contributed by atoms with Crippen LogP contribution in [0, 0.1) is 0 Å². The van der Waals surface area contributed by atoms with Gasteiger partial charge in [-0.1, -0.05) is 72.8 Å². The summed E-state index contributed by atoms with van der Waals surface area (Å²) in [7, 11) is 1.59. The van der Waals surface area contributed by atoms with Gasteiger partial charge in [-0.3, -0.25) is 4.79 Å². The Hall–Kier alpha value is -3.18. The molecule has 0 fully saturated rings. The third-order valence-corrected chi connectivity index (χ3v) is 4.32. The molecule has 0 saturated heterocycles. The Morgan fingerprint density at radius 3 is 1.93 bits per heavy atom. The Bertz CT molecular complexity index is 874. The summed E-state index contributed by atoms with van der Waals surface area (Å²) >= 11 is 5.34. The number of benzene rings is 3. The molecule has 0 spiro atoms. The average Bonchev–Trinajstić information content (AvgIpc) is 2.70. The number of nitrogens with one attached hydrogen (secondary N) is 2. The van der Waals surface area contributed by atoms with Crippen molar-refractivity contribution in [2.24, 2.45) is 0 Å². The average molecular weight is 376 g/mol. The third-order valence-electron chi connectivity index (χ3n) is 4.12. The van der Waals surface area contributed by atoms with E-state index in [0.29, 0.717) is 11.4 Å². The largest absolute Gasteiger partial charge is 0.495 e. The summed E-state index contributed by atoms with van der Waals surface area (Å²) in [6, 6.07) is 26.7. The number of anilines is 1. The molecule has 136 valence electrons. The van der Waals surface area contributed by atoms with E-state index in [2.05, 4.69) is 10.6 Å². The van der Waals surface area contributed by atoms with Gasteiger partial charge in [0.2, 0.25) is 5.91 Å². The van der Waals surface area contributed by atoms with Crippen LogP contribution in [0.5, 0.6) is 5.75 Å². The molecule has 0 aliphatic rings. The van der Waals surface area contributed by atoms with Gasteiger partial charge in [-0.2, -0.15) is 0 Å². The molecule has 0 aromatic heterocycles. The highest BCUT2D eigenvalue weighted by Crippen LogP contribution is 2.25. The van der Waals surface area contributed by atoms with Crippen LogP contribution in [0.3, 0.4) is 0 Å². The Labute approximate surface area is 164 Å². The molecule has 0 radical (unpaired) electrons. The van der Waals surface area contributed by atoms with Gasteiger partial charge in [0, 0.05) is 0 Å². The summed E-state index contributed by atoms with van der Waals surface area (Å²) < 4.78 is 5.30. The van der Waals surface area contributed by atoms with Crippen LogP contribution in [0.15, 0.2) is 84.9 Å². The minimum Gasteiger partial charge on any atom is -0.495 e. The van der Waals surface area contributed by atoms with Crippen molar-refractivity contribution in [1.29, 1.82) is 0 Å². The Balaban J connectivity index is 1.80. The van der Waals surface area contributed by atoms with Crippen molar-refractivity contribution < 1.29 is 9.53 Å².